The van der Waals surface area contributed by atoms with Gasteiger partial charge in [0.15, 0.2) is 17.5 Å². The lowest BCUT2D eigenvalue weighted by atomic mass is 9.97. The summed E-state index contributed by atoms with van der Waals surface area (Å²) in [4.78, 5) is 25.4. The highest BCUT2D eigenvalue weighted by atomic mass is 15.3. The molecule has 0 unspecified atom stereocenters. The van der Waals surface area contributed by atoms with Crippen molar-refractivity contribution in [3.63, 3.8) is 0 Å². The van der Waals surface area contributed by atoms with Crippen LogP contribution in [-0.4, -0.2) is 15.0 Å². The maximum absolute atomic E-state index is 10.6. The summed E-state index contributed by atoms with van der Waals surface area (Å²) in [5.74, 6) is 1.27. The van der Waals surface area contributed by atoms with Gasteiger partial charge in [-0.2, -0.15) is 10.5 Å². The van der Waals surface area contributed by atoms with Crippen LogP contribution in [0.25, 0.3) is 45.3 Å². The zero-order chi connectivity index (χ0) is 49.5. The molecule has 11 aromatic rings. The van der Waals surface area contributed by atoms with E-state index >= 15 is 0 Å². The highest BCUT2D eigenvalue weighted by Gasteiger charge is 2.34. The largest absolute Gasteiger partial charge is 0.306 e. The van der Waals surface area contributed by atoms with E-state index in [2.05, 4.69) is 196 Å². The molecule has 74 heavy (non-hydrogen) atoms. The molecule has 0 amide bonds. The summed E-state index contributed by atoms with van der Waals surface area (Å²) >= 11 is 0. The Morgan fingerprint density at radius 1 is 0.257 bits per heavy atom. The van der Waals surface area contributed by atoms with E-state index in [0.29, 0.717) is 34.2 Å². The molecule has 9 nitrogen and oxygen atoms in total. The van der Waals surface area contributed by atoms with Crippen LogP contribution < -0.4 is 19.6 Å². The number of fused-ring (bicyclic) bond motifs is 4. The number of rotatable bonds is 8. The normalized spacial score (nSPS) is 12.2. The van der Waals surface area contributed by atoms with Crippen LogP contribution in [0, 0.1) is 22.7 Å². The fourth-order valence-electron chi connectivity index (χ4n) is 10.3. The molecular formula is C65H41N9. The lowest BCUT2D eigenvalue weighted by molar-refractivity contribution is 1.07. The molecule has 0 radical (unpaired) electrons. The number of para-hydroxylation sites is 10. The first-order valence-electron chi connectivity index (χ1n) is 24.3. The van der Waals surface area contributed by atoms with E-state index in [-0.39, 0.29) is 0 Å². The lowest BCUT2D eigenvalue weighted by Gasteiger charge is -2.41. The Morgan fingerprint density at radius 3 is 1.07 bits per heavy atom. The third-order valence-electron chi connectivity index (χ3n) is 13.6. The first-order chi connectivity index (χ1) is 36.6. The zero-order valence-electron chi connectivity index (χ0n) is 39.7. The van der Waals surface area contributed by atoms with Crippen LogP contribution >= 0.6 is 0 Å². The van der Waals surface area contributed by atoms with Gasteiger partial charge in [-0.25, -0.2) is 15.0 Å². The van der Waals surface area contributed by atoms with Gasteiger partial charge in [-0.1, -0.05) is 133 Å². The van der Waals surface area contributed by atoms with Crippen LogP contribution in [0.3, 0.4) is 0 Å². The molecule has 10 aromatic carbocycles. The van der Waals surface area contributed by atoms with Crippen LogP contribution in [-0.2, 0) is 0 Å². The Kier molecular flexibility index (Phi) is 10.7. The summed E-state index contributed by atoms with van der Waals surface area (Å²) in [7, 11) is 0. The number of hydrogen-bond donors (Lipinski definition) is 0. The van der Waals surface area contributed by atoms with E-state index in [1.165, 1.54) is 0 Å². The number of nitrogens with zero attached hydrogens (tertiary/aromatic N) is 9. The lowest BCUT2D eigenvalue weighted by Crippen LogP contribution is -2.24. The molecule has 9 heteroatoms. The number of hydrogen-bond acceptors (Lipinski definition) is 9. The Hall–Kier alpha value is -10.6. The van der Waals surface area contributed by atoms with Gasteiger partial charge in [-0.3, -0.25) is 0 Å². The quantitative estimate of drug-likeness (QED) is 0.147. The van der Waals surface area contributed by atoms with Crippen molar-refractivity contribution >= 4 is 68.2 Å². The average Bonchev–Trinajstić information content (AvgIpc) is 3.48. The SMILES string of the molecule is N#Cc1cccc(-c2ccc(N3c4ccccc4N(c4ccccc4)c4ccccc43)c(-c3nc(-c4ccccc4)nc(-c4cc(C#N)ccc4N4c5ccccc5N(c5ccccc5)c5ccccc54)n3)c2)c1. The molecule has 0 bridgehead atoms. The van der Waals surface area contributed by atoms with Gasteiger partial charge in [-0.15, -0.1) is 0 Å². The van der Waals surface area contributed by atoms with Crippen molar-refractivity contribution in [3.8, 4) is 57.4 Å². The fraction of sp³-hybridized carbons (Fsp3) is 0. The molecule has 1 aromatic heterocycles. The minimum absolute atomic E-state index is 0.388. The molecule has 2 aliphatic rings. The molecule has 2 aliphatic heterocycles. The van der Waals surface area contributed by atoms with E-state index in [1.807, 2.05) is 84.9 Å². The zero-order valence-corrected chi connectivity index (χ0v) is 39.7. The Bertz CT molecular complexity index is 3940. The van der Waals surface area contributed by atoms with Gasteiger partial charge in [0.1, 0.15) is 0 Å². The fourth-order valence-corrected chi connectivity index (χ4v) is 10.3. The van der Waals surface area contributed by atoms with Gasteiger partial charge in [-0.05, 0) is 126 Å². The summed E-state index contributed by atoms with van der Waals surface area (Å²) in [5.41, 5.74) is 16.4. The molecule has 0 spiro atoms. The molecular weight excluding hydrogens is 907 g/mol. The second-order valence-corrected chi connectivity index (χ2v) is 17.9. The molecule has 346 valence electrons. The highest BCUT2D eigenvalue weighted by Crippen LogP contribution is 2.57. The minimum atomic E-state index is 0.388. The van der Waals surface area contributed by atoms with Crippen LogP contribution in [0.15, 0.2) is 249 Å². The predicted octanol–water partition coefficient (Wildman–Crippen LogP) is 16.8. The van der Waals surface area contributed by atoms with Crippen molar-refractivity contribution in [1.29, 1.82) is 10.5 Å². The summed E-state index contributed by atoms with van der Waals surface area (Å²) in [6, 6.07) is 88.9. The smallest absolute Gasteiger partial charge is 0.166 e. The van der Waals surface area contributed by atoms with Crippen molar-refractivity contribution in [2.24, 2.45) is 0 Å². The molecule has 0 fully saturated rings. The molecule has 0 atom stereocenters. The number of nitriles is 2. The first kappa shape index (κ1) is 43.4. The molecule has 13 rings (SSSR count). The van der Waals surface area contributed by atoms with E-state index in [4.69, 9.17) is 15.0 Å². The second-order valence-electron chi connectivity index (χ2n) is 17.9. The molecule has 0 aliphatic carbocycles. The van der Waals surface area contributed by atoms with E-state index in [9.17, 15) is 10.5 Å². The van der Waals surface area contributed by atoms with Gasteiger partial charge in [0.25, 0.3) is 0 Å². The maximum Gasteiger partial charge on any atom is 0.166 e. The van der Waals surface area contributed by atoms with Gasteiger partial charge < -0.3 is 19.6 Å². The van der Waals surface area contributed by atoms with Crippen molar-refractivity contribution in [1.82, 2.24) is 15.0 Å². The molecule has 3 heterocycles. The monoisotopic (exact) mass is 947 g/mol. The van der Waals surface area contributed by atoms with E-state index < -0.39 is 0 Å². The Morgan fingerprint density at radius 2 is 0.608 bits per heavy atom. The summed E-state index contributed by atoms with van der Waals surface area (Å²) in [5, 5.41) is 20.6. The van der Waals surface area contributed by atoms with Crippen LogP contribution in [0.5, 0.6) is 0 Å². The number of aromatic nitrogens is 3. The Balaban J connectivity index is 1.07. The Labute approximate surface area is 428 Å². The summed E-state index contributed by atoms with van der Waals surface area (Å²) in [6.07, 6.45) is 0. The van der Waals surface area contributed by atoms with Gasteiger partial charge in [0, 0.05) is 28.1 Å². The van der Waals surface area contributed by atoms with E-state index in [0.717, 1.165) is 90.5 Å². The standard InChI is InChI=1S/C65H41N9/c66-42-44-19-18-22-47(39-44)48-36-38-54(74-61-33-16-12-29-57(61)72(50-25-8-3-9-26-50)58-30-13-17-34-62(58)74)52(41-48)65-69-63(46-20-4-1-5-21-46)68-64(70-65)51-40-45(43-67)35-37-53(51)73-59-31-14-10-27-55(59)71(49-23-6-2-7-24-49)56-28-11-15-32-60(56)73/h1-41H. The highest BCUT2D eigenvalue weighted by molar-refractivity contribution is 6.05. The predicted molar refractivity (Wildman–Crippen MR) is 297 cm³/mol. The van der Waals surface area contributed by atoms with Crippen molar-refractivity contribution < 1.29 is 0 Å². The van der Waals surface area contributed by atoms with Crippen molar-refractivity contribution in [3.05, 3.63) is 260 Å². The first-order valence-corrected chi connectivity index (χ1v) is 24.3. The molecule has 0 saturated heterocycles. The van der Waals surface area contributed by atoms with Gasteiger partial charge in [0.05, 0.1) is 80.1 Å². The maximum atomic E-state index is 10.6. The van der Waals surface area contributed by atoms with E-state index in [1.54, 1.807) is 0 Å². The summed E-state index contributed by atoms with van der Waals surface area (Å²) < 4.78 is 0. The number of anilines is 12. The second kappa shape index (κ2) is 18.3. The van der Waals surface area contributed by atoms with Gasteiger partial charge >= 0.3 is 0 Å². The topological polar surface area (TPSA) is 99.2 Å². The number of benzene rings is 10. The summed E-state index contributed by atoms with van der Waals surface area (Å²) in [6.45, 7) is 0. The molecule has 0 N–H and O–H groups in total. The van der Waals surface area contributed by atoms with Crippen molar-refractivity contribution in [2.45, 2.75) is 0 Å². The van der Waals surface area contributed by atoms with Crippen LogP contribution in [0.2, 0.25) is 0 Å². The van der Waals surface area contributed by atoms with Crippen molar-refractivity contribution in [2.75, 3.05) is 19.6 Å². The third kappa shape index (κ3) is 7.45. The van der Waals surface area contributed by atoms with Gasteiger partial charge in [0.2, 0.25) is 0 Å². The third-order valence-corrected chi connectivity index (χ3v) is 13.6. The van der Waals surface area contributed by atoms with Crippen LogP contribution in [0.1, 0.15) is 11.1 Å². The minimum Gasteiger partial charge on any atom is -0.306 e. The molecule has 0 saturated carbocycles. The average molecular weight is 948 g/mol. The van der Waals surface area contributed by atoms with Crippen LogP contribution in [0.4, 0.5) is 68.2 Å².